The quantitative estimate of drug-likeness (QED) is 0.760. The molecule has 68 valence electrons. The monoisotopic (exact) mass is 204 g/mol. The van der Waals surface area contributed by atoms with Gasteiger partial charge in [0.05, 0.1) is 17.2 Å². The molecule has 4 heteroatoms. The Kier molecular flexibility index (Phi) is 3.98. The highest BCUT2D eigenvalue weighted by molar-refractivity contribution is 7.07. The number of halogens is 1. The van der Waals surface area contributed by atoms with Crippen LogP contribution in [0.3, 0.4) is 0 Å². The summed E-state index contributed by atoms with van der Waals surface area (Å²) in [6.07, 6.45) is 3.92. The highest BCUT2D eigenvalue weighted by Crippen LogP contribution is 2.21. The van der Waals surface area contributed by atoms with Gasteiger partial charge in [0.1, 0.15) is 0 Å². The Labute approximate surface area is 82.8 Å². The minimum absolute atomic E-state index is 0. The molecule has 0 radical (unpaired) electrons. The molecular weight excluding hydrogens is 192 g/mol. The zero-order valence-electron chi connectivity index (χ0n) is 6.82. The lowest BCUT2D eigenvalue weighted by Crippen LogP contribution is -2.26. The minimum atomic E-state index is 0. The molecule has 2 nitrogen and oxygen atoms in total. The maximum atomic E-state index is 4.30. The van der Waals surface area contributed by atoms with Gasteiger partial charge in [-0.2, -0.15) is 0 Å². The van der Waals surface area contributed by atoms with Gasteiger partial charge in [0, 0.05) is 5.38 Å². The molecule has 12 heavy (non-hydrogen) atoms. The molecule has 0 aromatic carbocycles. The molecule has 1 fully saturated rings. The summed E-state index contributed by atoms with van der Waals surface area (Å²) in [5.41, 5.74) is 3.14. The Bertz CT molecular complexity index is 207. The van der Waals surface area contributed by atoms with Crippen LogP contribution in [0.25, 0.3) is 0 Å². The molecule has 1 aromatic heterocycles. The maximum Gasteiger partial charge on any atom is 0.0795 e. The Morgan fingerprint density at radius 2 is 2.42 bits per heavy atom. The van der Waals surface area contributed by atoms with E-state index in [2.05, 4.69) is 15.7 Å². The highest BCUT2D eigenvalue weighted by Gasteiger charge is 2.15. The first kappa shape index (κ1) is 9.96. The van der Waals surface area contributed by atoms with Crippen molar-refractivity contribution in [1.82, 2.24) is 10.3 Å². The fourth-order valence-corrected chi connectivity index (χ4v) is 2.11. The lowest BCUT2D eigenvalue weighted by atomic mass is 10.0. The van der Waals surface area contributed by atoms with Crippen molar-refractivity contribution in [3.05, 3.63) is 16.6 Å². The first-order valence-electron chi connectivity index (χ1n) is 4.08. The van der Waals surface area contributed by atoms with E-state index in [1.807, 2.05) is 5.51 Å². The molecular formula is C8H13ClN2S. The van der Waals surface area contributed by atoms with Crippen molar-refractivity contribution >= 4 is 23.7 Å². The van der Waals surface area contributed by atoms with Crippen molar-refractivity contribution in [3.63, 3.8) is 0 Å². The predicted octanol–water partition coefficient (Wildman–Crippen LogP) is 2.38. The number of piperidine rings is 1. The average Bonchev–Trinajstić information content (AvgIpc) is 2.58. The summed E-state index contributed by atoms with van der Waals surface area (Å²) in [4.78, 5) is 4.30. The Balaban J connectivity index is 0.000000720. The molecule has 2 heterocycles. The lowest BCUT2D eigenvalue weighted by Gasteiger charge is -2.21. The molecule has 0 unspecified atom stereocenters. The second-order valence-electron chi connectivity index (χ2n) is 2.92. The average molecular weight is 205 g/mol. The van der Waals surface area contributed by atoms with E-state index in [1.54, 1.807) is 11.3 Å². The van der Waals surface area contributed by atoms with Gasteiger partial charge in [-0.25, -0.2) is 4.98 Å². The SMILES string of the molecule is Cl.c1nc([C@H]2CCCCN2)cs1. The van der Waals surface area contributed by atoms with Gasteiger partial charge in [0.15, 0.2) is 0 Å². The van der Waals surface area contributed by atoms with Crippen molar-refractivity contribution in [2.45, 2.75) is 25.3 Å². The van der Waals surface area contributed by atoms with E-state index in [9.17, 15) is 0 Å². The first-order valence-corrected chi connectivity index (χ1v) is 5.02. The van der Waals surface area contributed by atoms with Crippen LogP contribution in [0.15, 0.2) is 10.9 Å². The van der Waals surface area contributed by atoms with Crippen LogP contribution in [0.5, 0.6) is 0 Å². The van der Waals surface area contributed by atoms with Crippen molar-refractivity contribution in [2.75, 3.05) is 6.54 Å². The Morgan fingerprint density at radius 1 is 1.50 bits per heavy atom. The van der Waals surface area contributed by atoms with Gasteiger partial charge in [0.25, 0.3) is 0 Å². The number of aromatic nitrogens is 1. The zero-order chi connectivity index (χ0) is 7.52. The number of hydrogen-bond acceptors (Lipinski definition) is 3. The third kappa shape index (κ3) is 2.19. The smallest absolute Gasteiger partial charge is 0.0795 e. The molecule has 0 aliphatic carbocycles. The number of rotatable bonds is 1. The van der Waals surface area contributed by atoms with Crippen LogP contribution < -0.4 is 5.32 Å². The van der Waals surface area contributed by atoms with Gasteiger partial charge in [-0.1, -0.05) is 6.42 Å². The second kappa shape index (κ2) is 4.80. The van der Waals surface area contributed by atoms with E-state index in [4.69, 9.17) is 0 Å². The number of nitrogens with one attached hydrogen (secondary N) is 1. The lowest BCUT2D eigenvalue weighted by molar-refractivity contribution is 0.406. The normalized spacial score (nSPS) is 23.2. The minimum Gasteiger partial charge on any atom is -0.309 e. The molecule has 1 aliphatic rings. The largest absolute Gasteiger partial charge is 0.309 e. The third-order valence-electron chi connectivity index (χ3n) is 2.12. The van der Waals surface area contributed by atoms with Crippen LogP contribution in [-0.2, 0) is 0 Å². The zero-order valence-corrected chi connectivity index (χ0v) is 8.46. The summed E-state index contributed by atoms with van der Waals surface area (Å²) in [5, 5.41) is 5.61. The van der Waals surface area contributed by atoms with E-state index < -0.39 is 0 Å². The van der Waals surface area contributed by atoms with Crippen LogP contribution in [0.4, 0.5) is 0 Å². The number of nitrogens with zero attached hydrogens (tertiary/aromatic N) is 1. The van der Waals surface area contributed by atoms with Gasteiger partial charge < -0.3 is 5.32 Å². The molecule has 1 aromatic rings. The summed E-state index contributed by atoms with van der Waals surface area (Å²) in [6.45, 7) is 1.15. The second-order valence-corrected chi connectivity index (χ2v) is 3.63. The van der Waals surface area contributed by atoms with E-state index in [-0.39, 0.29) is 12.4 Å². The molecule has 0 saturated carbocycles. The van der Waals surface area contributed by atoms with Crippen LogP contribution in [0.1, 0.15) is 31.0 Å². The summed E-state index contributed by atoms with van der Waals surface area (Å²) >= 11 is 1.68. The molecule has 1 saturated heterocycles. The Hall–Kier alpha value is -0.120. The fourth-order valence-electron chi connectivity index (χ4n) is 1.50. The summed E-state index contributed by atoms with van der Waals surface area (Å²) in [7, 11) is 0. The third-order valence-corrected chi connectivity index (χ3v) is 2.72. The van der Waals surface area contributed by atoms with Crippen molar-refractivity contribution < 1.29 is 0 Å². The van der Waals surface area contributed by atoms with Gasteiger partial charge in [0.2, 0.25) is 0 Å². The Morgan fingerprint density at radius 3 is 3.00 bits per heavy atom. The maximum absolute atomic E-state index is 4.30. The molecule has 0 amide bonds. The van der Waals surface area contributed by atoms with E-state index >= 15 is 0 Å². The van der Waals surface area contributed by atoms with E-state index in [1.165, 1.54) is 25.0 Å². The highest BCUT2D eigenvalue weighted by atomic mass is 35.5. The van der Waals surface area contributed by atoms with Crippen molar-refractivity contribution in [2.24, 2.45) is 0 Å². The van der Waals surface area contributed by atoms with Crippen LogP contribution in [-0.4, -0.2) is 11.5 Å². The van der Waals surface area contributed by atoms with Crippen molar-refractivity contribution in [1.29, 1.82) is 0 Å². The van der Waals surface area contributed by atoms with E-state index in [0.29, 0.717) is 6.04 Å². The van der Waals surface area contributed by atoms with Gasteiger partial charge >= 0.3 is 0 Å². The van der Waals surface area contributed by atoms with Gasteiger partial charge in [-0.3, -0.25) is 0 Å². The van der Waals surface area contributed by atoms with Crippen LogP contribution in [0, 0.1) is 0 Å². The number of thiazole rings is 1. The van der Waals surface area contributed by atoms with E-state index in [0.717, 1.165) is 6.54 Å². The van der Waals surface area contributed by atoms with Gasteiger partial charge in [-0.05, 0) is 19.4 Å². The predicted molar refractivity (Wildman–Crippen MR) is 54.0 cm³/mol. The molecule has 1 aliphatic heterocycles. The van der Waals surface area contributed by atoms with Crippen LogP contribution in [0.2, 0.25) is 0 Å². The topological polar surface area (TPSA) is 24.9 Å². The first-order chi connectivity index (χ1) is 5.47. The molecule has 2 rings (SSSR count). The molecule has 0 bridgehead atoms. The number of hydrogen-bond donors (Lipinski definition) is 1. The molecule has 0 spiro atoms. The standard InChI is InChI=1S/C8H12N2S.ClH/c1-2-4-9-7(3-1)8-5-11-6-10-8;/h5-7,9H,1-4H2;1H/t7-;/m1./s1. The van der Waals surface area contributed by atoms with Gasteiger partial charge in [-0.15, -0.1) is 23.7 Å². The van der Waals surface area contributed by atoms with Crippen molar-refractivity contribution in [3.8, 4) is 0 Å². The molecule has 1 atom stereocenters. The molecule has 1 N–H and O–H groups in total. The summed E-state index contributed by atoms with van der Waals surface area (Å²) < 4.78 is 0. The summed E-state index contributed by atoms with van der Waals surface area (Å²) in [5.74, 6) is 0. The fraction of sp³-hybridized carbons (Fsp3) is 0.625. The summed E-state index contributed by atoms with van der Waals surface area (Å²) in [6, 6.07) is 0.537. The van der Waals surface area contributed by atoms with Crippen LogP contribution >= 0.6 is 23.7 Å².